The summed E-state index contributed by atoms with van der Waals surface area (Å²) in [6.07, 6.45) is 0.0931. The van der Waals surface area contributed by atoms with Gasteiger partial charge in [-0.25, -0.2) is 4.39 Å². The van der Waals surface area contributed by atoms with Crippen LogP contribution in [-0.2, 0) is 11.2 Å². The van der Waals surface area contributed by atoms with Crippen LogP contribution in [0.25, 0.3) is 11.0 Å². The molecule has 0 fully saturated rings. The summed E-state index contributed by atoms with van der Waals surface area (Å²) >= 11 is 0. The Kier molecular flexibility index (Phi) is 3.87. The van der Waals surface area contributed by atoms with Gasteiger partial charge in [-0.05, 0) is 25.1 Å². The fraction of sp³-hybridized carbons (Fsp3) is 0.176. The lowest BCUT2D eigenvalue weighted by Crippen LogP contribution is -2.28. The molecular weight excluding hydrogens is 283 g/mol. The quantitative estimate of drug-likeness (QED) is 0.803. The number of rotatable bonds is 4. The number of aromatic nitrogens is 1. The number of nitrogens with zero attached hydrogens (tertiary/aromatic N) is 1. The molecule has 3 rings (SSSR count). The van der Waals surface area contributed by atoms with E-state index in [4.69, 9.17) is 4.52 Å². The van der Waals surface area contributed by atoms with Crippen molar-refractivity contribution in [1.82, 2.24) is 10.5 Å². The zero-order chi connectivity index (χ0) is 15.5. The molecule has 1 aromatic heterocycles. The molecule has 0 aliphatic heterocycles. The van der Waals surface area contributed by atoms with Crippen molar-refractivity contribution in [3.8, 4) is 0 Å². The second-order valence-electron chi connectivity index (χ2n) is 5.11. The van der Waals surface area contributed by atoms with E-state index in [1.54, 1.807) is 31.2 Å². The van der Waals surface area contributed by atoms with E-state index in [0.717, 1.165) is 5.39 Å². The number of halogens is 1. The van der Waals surface area contributed by atoms with Crippen LogP contribution in [0.15, 0.2) is 53.1 Å². The van der Waals surface area contributed by atoms with E-state index in [2.05, 4.69) is 10.5 Å². The van der Waals surface area contributed by atoms with Crippen molar-refractivity contribution in [3.63, 3.8) is 0 Å². The first-order valence-corrected chi connectivity index (χ1v) is 7.02. The van der Waals surface area contributed by atoms with E-state index in [1.165, 1.54) is 6.07 Å². The lowest BCUT2D eigenvalue weighted by atomic mass is 10.1. The SMILES string of the molecule is CC(NC(=O)Cc1noc2ccccc12)c1ccccc1F. The van der Waals surface area contributed by atoms with Crippen LogP contribution in [0, 0.1) is 5.82 Å². The zero-order valence-corrected chi connectivity index (χ0v) is 12.0. The number of carbonyl (C=O) groups excluding carboxylic acids is 1. The summed E-state index contributed by atoms with van der Waals surface area (Å²) in [4.78, 5) is 12.1. The number of hydrogen-bond donors (Lipinski definition) is 1. The number of fused-ring (bicyclic) bond motifs is 1. The van der Waals surface area contributed by atoms with E-state index in [1.807, 2.05) is 18.2 Å². The molecule has 1 amide bonds. The predicted molar refractivity (Wildman–Crippen MR) is 80.7 cm³/mol. The van der Waals surface area contributed by atoms with E-state index in [-0.39, 0.29) is 18.1 Å². The minimum absolute atomic E-state index is 0.0931. The van der Waals surface area contributed by atoms with Crippen LogP contribution in [0.2, 0.25) is 0 Å². The Morgan fingerprint density at radius 1 is 1.23 bits per heavy atom. The molecule has 0 aliphatic carbocycles. The molecule has 2 aromatic carbocycles. The van der Waals surface area contributed by atoms with Crippen LogP contribution < -0.4 is 5.32 Å². The number of amides is 1. The van der Waals surface area contributed by atoms with E-state index >= 15 is 0 Å². The van der Waals surface area contributed by atoms with Crippen molar-refractivity contribution in [3.05, 3.63) is 65.6 Å². The van der Waals surface area contributed by atoms with Gasteiger partial charge in [0.05, 0.1) is 12.5 Å². The highest BCUT2D eigenvalue weighted by Gasteiger charge is 2.16. The van der Waals surface area contributed by atoms with Crippen LogP contribution in [0.3, 0.4) is 0 Å². The molecule has 0 bridgehead atoms. The molecule has 0 radical (unpaired) electrons. The smallest absolute Gasteiger partial charge is 0.226 e. The molecule has 4 nitrogen and oxygen atoms in total. The minimum Gasteiger partial charge on any atom is -0.356 e. The molecular formula is C17H15FN2O2. The molecule has 112 valence electrons. The van der Waals surface area contributed by atoms with Gasteiger partial charge in [0, 0.05) is 10.9 Å². The maximum atomic E-state index is 13.7. The Hall–Kier alpha value is -2.69. The van der Waals surface area contributed by atoms with Crippen molar-refractivity contribution in [1.29, 1.82) is 0 Å². The molecule has 22 heavy (non-hydrogen) atoms. The zero-order valence-electron chi connectivity index (χ0n) is 12.0. The fourth-order valence-corrected chi connectivity index (χ4v) is 2.41. The van der Waals surface area contributed by atoms with Crippen LogP contribution in [0.4, 0.5) is 4.39 Å². The van der Waals surface area contributed by atoms with Crippen molar-refractivity contribution < 1.29 is 13.7 Å². The third kappa shape index (κ3) is 2.83. The third-order valence-corrected chi connectivity index (χ3v) is 3.53. The molecule has 0 saturated heterocycles. The second kappa shape index (κ2) is 5.97. The first kappa shape index (κ1) is 14.3. The van der Waals surface area contributed by atoms with Gasteiger partial charge < -0.3 is 9.84 Å². The minimum atomic E-state index is -0.410. The molecule has 0 spiro atoms. The molecule has 0 saturated carbocycles. The van der Waals surface area contributed by atoms with E-state index in [9.17, 15) is 9.18 Å². The van der Waals surface area contributed by atoms with Gasteiger partial charge >= 0.3 is 0 Å². The summed E-state index contributed by atoms with van der Waals surface area (Å²) in [6, 6.07) is 13.4. The van der Waals surface area contributed by atoms with Crippen LogP contribution in [0.5, 0.6) is 0 Å². The second-order valence-corrected chi connectivity index (χ2v) is 5.11. The normalized spacial score (nSPS) is 12.3. The van der Waals surface area contributed by atoms with Gasteiger partial charge in [0.1, 0.15) is 11.5 Å². The summed E-state index contributed by atoms with van der Waals surface area (Å²) in [5.74, 6) is -0.558. The van der Waals surface area contributed by atoms with Gasteiger partial charge in [-0.2, -0.15) is 0 Å². The molecule has 1 heterocycles. The van der Waals surface area contributed by atoms with Crippen molar-refractivity contribution in [2.24, 2.45) is 0 Å². The highest BCUT2D eigenvalue weighted by atomic mass is 19.1. The van der Waals surface area contributed by atoms with Crippen LogP contribution >= 0.6 is 0 Å². The highest BCUT2D eigenvalue weighted by Crippen LogP contribution is 2.19. The Balaban J connectivity index is 1.71. The molecule has 5 heteroatoms. The Labute approximate surface area is 126 Å². The average Bonchev–Trinajstić information content (AvgIpc) is 2.91. The van der Waals surface area contributed by atoms with Gasteiger partial charge in [-0.3, -0.25) is 4.79 Å². The maximum Gasteiger partial charge on any atom is 0.226 e. The van der Waals surface area contributed by atoms with Crippen LogP contribution in [0.1, 0.15) is 24.2 Å². The lowest BCUT2D eigenvalue weighted by Gasteiger charge is -2.14. The monoisotopic (exact) mass is 298 g/mol. The number of benzene rings is 2. The summed E-state index contributed by atoms with van der Waals surface area (Å²) in [7, 11) is 0. The van der Waals surface area contributed by atoms with Crippen LogP contribution in [-0.4, -0.2) is 11.1 Å². The summed E-state index contributed by atoms with van der Waals surface area (Å²) in [5.41, 5.74) is 1.68. The fourth-order valence-electron chi connectivity index (χ4n) is 2.41. The van der Waals surface area contributed by atoms with Gasteiger partial charge in [-0.1, -0.05) is 35.5 Å². The van der Waals surface area contributed by atoms with Crippen molar-refractivity contribution >= 4 is 16.9 Å². The number of carbonyl (C=O) groups is 1. The largest absolute Gasteiger partial charge is 0.356 e. The van der Waals surface area contributed by atoms with Crippen molar-refractivity contribution in [2.45, 2.75) is 19.4 Å². The topological polar surface area (TPSA) is 55.1 Å². The van der Waals surface area contributed by atoms with Crippen molar-refractivity contribution in [2.75, 3.05) is 0 Å². The first-order chi connectivity index (χ1) is 10.6. The first-order valence-electron chi connectivity index (χ1n) is 7.02. The number of nitrogens with one attached hydrogen (secondary N) is 1. The predicted octanol–water partition coefficient (Wildman–Crippen LogP) is 3.39. The van der Waals surface area contributed by atoms with Gasteiger partial charge in [-0.15, -0.1) is 0 Å². The average molecular weight is 298 g/mol. The molecule has 1 atom stereocenters. The summed E-state index contributed by atoms with van der Waals surface area (Å²) < 4.78 is 18.9. The van der Waals surface area contributed by atoms with Gasteiger partial charge in [0.2, 0.25) is 5.91 Å². The van der Waals surface area contributed by atoms with Gasteiger partial charge in [0.15, 0.2) is 5.58 Å². The molecule has 0 aliphatic rings. The lowest BCUT2D eigenvalue weighted by molar-refractivity contribution is -0.121. The number of para-hydroxylation sites is 1. The Morgan fingerprint density at radius 2 is 1.95 bits per heavy atom. The maximum absolute atomic E-state index is 13.7. The van der Waals surface area contributed by atoms with E-state index in [0.29, 0.717) is 16.8 Å². The standard InChI is InChI=1S/C17H15FN2O2/c1-11(12-6-2-4-8-14(12)18)19-17(21)10-15-13-7-3-5-9-16(13)22-20-15/h2-9,11H,10H2,1H3,(H,19,21). The van der Waals surface area contributed by atoms with Gasteiger partial charge in [0.25, 0.3) is 0 Å². The summed E-state index contributed by atoms with van der Waals surface area (Å²) in [6.45, 7) is 1.75. The Morgan fingerprint density at radius 3 is 2.77 bits per heavy atom. The summed E-state index contributed by atoms with van der Waals surface area (Å²) in [5, 5.41) is 7.52. The third-order valence-electron chi connectivity index (χ3n) is 3.53. The molecule has 3 aromatic rings. The molecule has 1 unspecified atom stereocenters. The number of hydrogen-bond acceptors (Lipinski definition) is 3. The Bertz CT molecular complexity index is 813. The van der Waals surface area contributed by atoms with E-state index < -0.39 is 6.04 Å². The highest BCUT2D eigenvalue weighted by molar-refractivity contribution is 5.86. The molecule has 1 N–H and O–H groups in total.